The van der Waals surface area contributed by atoms with Crippen LogP contribution in [-0.4, -0.2) is 56.6 Å². The number of hydrogen-bond acceptors (Lipinski definition) is 8. The van der Waals surface area contributed by atoms with Crippen LogP contribution in [-0.2, 0) is 13.0 Å². The van der Waals surface area contributed by atoms with Gasteiger partial charge in [0.15, 0.2) is 5.65 Å². The van der Waals surface area contributed by atoms with Crippen molar-refractivity contribution < 1.29 is 5.11 Å². The van der Waals surface area contributed by atoms with Crippen molar-refractivity contribution in [3.05, 3.63) is 64.2 Å². The van der Waals surface area contributed by atoms with E-state index in [1.807, 2.05) is 24.1 Å². The normalized spacial score (nSPS) is 13.2. The highest BCUT2D eigenvalue weighted by atomic mass is 16.3. The fourth-order valence-electron chi connectivity index (χ4n) is 3.87. The number of aromatic nitrogens is 5. The molecule has 0 fully saturated rings. The van der Waals surface area contributed by atoms with Crippen LogP contribution in [0.5, 0.6) is 0 Å². The third-order valence-electron chi connectivity index (χ3n) is 5.60. The van der Waals surface area contributed by atoms with Crippen molar-refractivity contribution in [1.82, 2.24) is 30.0 Å². The Bertz CT molecular complexity index is 1330. The maximum absolute atomic E-state index is 12.5. The molecule has 164 valence electrons. The van der Waals surface area contributed by atoms with E-state index < -0.39 is 0 Å². The number of H-pyrrole nitrogens is 1. The van der Waals surface area contributed by atoms with Crippen molar-refractivity contribution >= 4 is 28.5 Å². The van der Waals surface area contributed by atoms with Gasteiger partial charge in [0.2, 0.25) is 5.95 Å². The molecule has 0 amide bonds. The molecule has 3 aromatic heterocycles. The smallest absolute Gasteiger partial charge is 0.275 e. The number of likely N-dealkylation sites (N-methyl/N-ethyl adjacent to an activating group) is 1. The molecule has 0 saturated carbocycles. The van der Waals surface area contributed by atoms with E-state index >= 15 is 0 Å². The lowest BCUT2D eigenvalue weighted by Gasteiger charge is -2.18. The summed E-state index contributed by atoms with van der Waals surface area (Å²) in [7, 11) is 1.84. The van der Waals surface area contributed by atoms with Gasteiger partial charge in [-0.05, 0) is 42.3 Å². The molecule has 0 spiro atoms. The number of fused-ring (bicyclic) bond motifs is 2. The van der Waals surface area contributed by atoms with E-state index in [2.05, 4.69) is 42.8 Å². The van der Waals surface area contributed by atoms with Crippen LogP contribution in [0, 0.1) is 0 Å². The molecule has 0 atom stereocenters. The van der Waals surface area contributed by atoms with E-state index in [1.165, 1.54) is 17.3 Å². The van der Waals surface area contributed by atoms with Gasteiger partial charge in [0.25, 0.3) is 5.56 Å². The van der Waals surface area contributed by atoms with Crippen LogP contribution in [0.4, 0.5) is 17.5 Å². The monoisotopic (exact) mass is 432 g/mol. The first-order chi connectivity index (χ1) is 15.6. The number of anilines is 3. The van der Waals surface area contributed by atoms with E-state index in [1.54, 1.807) is 16.9 Å². The van der Waals surface area contributed by atoms with E-state index in [0.29, 0.717) is 35.0 Å². The fraction of sp³-hybridized carbons (Fsp3) is 0.273. The number of aromatic amines is 1. The quantitative estimate of drug-likeness (QED) is 0.360. The average Bonchev–Trinajstić information content (AvgIpc) is 3.15. The van der Waals surface area contributed by atoms with Crippen molar-refractivity contribution in [1.29, 1.82) is 0 Å². The Morgan fingerprint density at radius 3 is 3.00 bits per heavy atom. The van der Waals surface area contributed by atoms with Gasteiger partial charge in [-0.2, -0.15) is 4.98 Å². The first-order valence-electron chi connectivity index (χ1n) is 10.5. The number of benzene rings is 1. The maximum Gasteiger partial charge on any atom is 0.275 e. The number of pyridine rings is 1. The predicted molar refractivity (Wildman–Crippen MR) is 123 cm³/mol. The van der Waals surface area contributed by atoms with Crippen molar-refractivity contribution in [3.63, 3.8) is 0 Å². The summed E-state index contributed by atoms with van der Waals surface area (Å²) in [6, 6.07) is 9.86. The van der Waals surface area contributed by atoms with Gasteiger partial charge in [-0.15, -0.1) is 0 Å². The molecule has 1 aromatic carbocycles. The Morgan fingerprint density at radius 1 is 1.22 bits per heavy atom. The average molecular weight is 432 g/mol. The molecule has 0 radical (unpaired) electrons. The molecule has 1 aliphatic rings. The lowest BCUT2D eigenvalue weighted by molar-refractivity contribution is 0.304. The molecule has 0 saturated heterocycles. The standard InChI is InChI=1S/C22H24N8O2/c1-29(8-9-31)19-11-17(5-7-24-19)30-20-18(21(32)28-30)13-25-22(27-20)26-16-3-2-15-12-23-6-4-14(15)10-16/h2-3,5,7,10-11,13,23,31H,4,6,8-9,12H2,1H3,(H,28,32)(H,25,26,27). The largest absolute Gasteiger partial charge is 0.395 e. The number of aliphatic hydroxyl groups excluding tert-OH is 1. The summed E-state index contributed by atoms with van der Waals surface area (Å²) in [4.78, 5) is 27.6. The first-order valence-corrected chi connectivity index (χ1v) is 10.5. The Morgan fingerprint density at radius 2 is 2.12 bits per heavy atom. The van der Waals surface area contributed by atoms with Crippen molar-refractivity contribution in [2.24, 2.45) is 0 Å². The lowest BCUT2D eigenvalue weighted by Crippen LogP contribution is -2.23. The summed E-state index contributed by atoms with van der Waals surface area (Å²) in [5.41, 5.74) is 4.43. The molecule has 5 rings (SSSR count). The van der Waals surface area contributed by atoms with E-state index in [-0.39, 0.29) is 12.2 Å². The van der Waals surface area contributed by atoms with Gasteiger partial charge in [-0.1, -0.05) is 6.07 Å². The predicted octanol–water partition coefficient (Wildman–Crippen LogP) is 1.32. The second-order valence-corrected chi connectivity index (χ2v) is 7.76. The minimum atomic E-state index is -0.269. The van der Waals surface area contributed by atoms with Gasteiger partial charge in [-0.25, -0.2) is 14.6 Å². The highest BCUT2D eigenvalue weighted by Gasteiger charge is 2.14. The third kappa shape index (κ3) is 3.81. The fourth-order valence-corrected chi connectivity index (χ4v) is 3.87. The van der Waals surface area contributed by atoms with Crippen LogP contribution in [0.3, 0.4) is 0 Å². The van der Waals surface area contributed by atoms with Crippen LogP contribution in [0.25, 0.3) is 16.7 Å². The molecule has 0 bridgehead atoms. The van der Waals surface area contributed by atoms with Crippen molar-refractivity contribution in [3.8, 4) is 5.69 Å². The third-order valence-corrected chi connectivity index (χ3v) is 5.60. The molecule has 10 nitrogen and oxygen atoms in total. The summed E-state index contributed by atoms with van der Waals surface area (Å²) in [6.45, 7) is 2.32. The molecule has 0 unspecified atom stereocenters. The highest BCUT2D eigenvalue weighted by Crippen LogP contribution is 2.22. The lowest BCUT2D eigenvalue weighted by atomic mass is 10.0. The zero-order valence-electron chi connectivity index (χ0n) is 17.7. The summed E-state index contributed by atoms with van der Waals surface area (Å²) in [5.74, 6) is 1.08. The number of rotatable bonds is 6. The van der Waals surface area contributed by atoms with Crippen molar-refractivity contribution in [2.45, 2.75) is 13.0 Å². The van der Waals surface area contributed by atoms with Gasteiger partial charge in [0.1, 0.15) is 11.2 Å². The van der Waals surface area contributed by atoms with Crippen LogP contribution in [0.2, 0.25) is 0 Å². The molecule has 4 aromatic rings. The summed E-state index contributed by atoms with van der Waals surface area (Å²) < 4.78 is 1.63. The molecule has 10 heteroatoms. The van der Waals surface area contributed by atoms with Crippen LogP contribution < -0.4 is 21.1 Å². The Balaban J connectivity index is 1.50. The zero-order chi connectivity index (χ0) is 22.1. The molecule has 4 N–H and O–H groups in total. The minimum Gasteiger partial charge on any atom is -0.395 e. The molecular formula is C22H24N8O2. The van der Waals surface area contributed by atoms with Gasteiger partial charge in [-0.3, -0.25) is 9.89 Å². The summed E-state index contributed by atoms with van der Waals surface area (Å²) in [5, 5.41) is 19.1. The second-order valence-electron chi connectivity index (χ2n) is 7.76. The summed E-state index contributed by atoms with van der Waals surface area (Å²) >= 11 is 0. The van der Waals surface area contributed by atoms with E-state index in [9.17, 15) is 9.90 Å². The molecule has 32 heavy (non-hydrogen) atoms. The van der Waals surface area contributed by atoms with Gasteiger partial charge < -0.3 is 20.6 Å². The number of nitrogens with zero attached hydrogens (tertiary/aromatic N) is 5. The SMILES string of the molecule is CN(CCO)c1cc(-n2[nH]c(=O)c3cnc(Nc4ccc5c(c4)CCNC5)nc32)ccn1. The van der Waals surface area contributed by atoms with Crippen molar-refractivity contribution in [2.75, 3.05) is 37.0 Å². The maximum atomic E-state index is 12.5. The van der Waals surface area contributed by atoms with Gasteiger partial charge in [0, 0.05) is 44.3 Å². The zero-order valence-corrected chi connectivity index (χ0v) is 17.7. The Kier molecular flexibility index (Phi) is 5.29. The molecular weight excluding hydrogens is 408 g/mol. The van der Waals surface area contributed by atoms with Gasteiger partial charge >= 0.3 is 0 Å². The van der Waals surface area contributed by atoms with Crippen LogP contribution in [0.15, 0.2) is 47.5 Å². The minimum absolute atomic E-state index is 0.0210. The number of hydrogen-bond donors (Lipinski definition) is 4. The Hall–Kier alpha value is -3.76. The Labute approximate surface area is 183 Å². The van der Waals surface area contributed by atoms with Crippen LogP contribution in [0.1, 0.15) is 11.1 Å². The second kappa shape index (κ2) is 8.40. The molecule has 0 aliphatic carbocycles. The first kappa shape index (κ1) is 20.2. The van der Waals surface area contributed by atoms with E-state index in [0.717, 1.165) is 25.2 Å². The van der Waals surface area contributed by atoms with E-state index in [4.69, 9.17) is 0 Å². The molecule has 4 heterocycles. The topological polar surface area (TPSA) is 124 Å². The summed E-state index contributed by atoms with van der Waals surface area (Å²) in [6.07, 6.45) is 4.17. The molecule has 1 aliphatic heterocycles. The van der Waals surface area contributed by atoms with Crippen LogP contribution >= 0.6 is 0 Å². The highest BCUT2D eigenvalue weighted by molar-refractivity contribution is 5.77. The van der Waals surface area contributed by atoms with Gasteiger partial charge in [0.05, 0.1) is 12.3 Å². The number of aliphatic hydroxyl groups is 1. The number of nitrogens with one attached hydrogen (secondary N) is 3.